The van der Waals surface area contributed by atoms with Crippen LogP contribution in [-0.4, -0.2) is 37.6 Å². The van der Waals surface area contributed by atoms with E-state index in [1.807, 2.05) is 0 Å². The Morgan fingerprint density at radius 1 is 1.17 bits per heavy atom. The van der Waals surface area contributed by atoms with Gasteiger partial charge >= 0.3 is 10.1 Å². The summed E-state index contributed by atoms with van der Waals surface area (Å²) in [6.07, 6.45) is 1.14. The first-order valence-electron chi connectivity index (χ1n) is 11.3. The molecule has 0 saturated heterocycles. The lowest BCUT2D eigenvalue weighted by Gasteiger charge is -2.28. The van der Waals surface area contributed by atoms with E-state index in [-0.39, 0.29) is 24.3 Å². The van der Waals surface area contributed by atoms with Gasteiger partial charge in [0.1, 0.15) is 23.0 Å². The van der Waals surface area contributed by atoms with Gasteiger partial charge in [-0.3, -0.25) is 14.3 Å². The minimum absolute atomic E-state index is 0.143. The number of ether oxygens (including phenoxy) is 2. The maximum Gasteiger partial charge on any atom is 0.304 e. The first-order chi connectivity index (χ1) is 17.2. The third kappa shape index (κ3) is 5.89. The number of nitrogens with zero attached hydrogens (tertiary/aromatic N) is 2. The first-order valence-corrected chi connectivity index (χ1v) is 12.7. The summed E-state index contributed by atoms with van der Waals surface area (Å²) in [7, 11) is -3.07. The molecule has 2 unspecified atom stereocenters. The van der Waals surface area contributed by atoms with Gasteiger partial charge in [-0.1, -0.05) is 0 Å². The lowest BCUT2D eigenvalue weighted by Crippen LogP contribution is -2.30. The lowest BCUT2D eigenvalue weighted by molar-refractivity contribution is -0.388. The third-order valence-electron chi connectivity index (χ3n) is 5.91. The second-order valence-corrected chi connectivity index (χ2v) is 9.93. The smallest absolute Gasteiger partial charge is 0.304 e. The average molecular weight is 521 g/mol. The second-order valence-electron chi connectivity index (χ2n) is 8.39. The predicted molar refractivity (Wildman–Crippen MR) is 125 cm³/mol. The molecule has 12 heteroatoms. The Balaban J connectivity index is 1.40. The molecule has 4 rings (SSSR count). The summed E-state index contributed by atoms with van der Waals surface area (Å²) in [5.41, 5.74) is 0.602. The molecule has 1 aliphatic carbocycles. The highest BCUT2D eigenvalue weighted by Gasteiger charge is 2.33. The van der Waals surface area contributed by atoms with Crippen LogP contribution in [-0.2, 0) is 25.6 Å². The molecule has 192 valence electrons. The summed E-state index contributed by atoms with van der Waals surface area (Å²) >= 11 is 0. The number of hydrogen-bond donors (Lipinski definition) is 0. The van der Waals surface area contributed by atoms with Gasteiger partial charge in [-0.25, -0.2) is 9.37 Å². The number of nitro benzene ring substituents is 1. The van der Waals surface area contributed by atoms with Crippen molar-refractivity contribution in [2.45, 2.75) is 56.3 Å². The maximum atomic E-state index is 13.2. The van der Waals surface area contributed by atoms with Gasteiger partial charge < -0.3 is 13.9 Å². The number of rotatable bonds is 9. The van der Waals surface area contributed by atoms with Crippen LogP contribution in [0.3, 0.4) is 0 Å². The monoisotopic (exact) mass is 520 g/mol. The van der Waals surface area contributed by atoms with Gasteiger partial charge in [0.15, 0.2) is 4.90 Å². The van der Waals surface area contributed by atoms with E-state index in [0.29, 0.717) is 48.6 Å². The molecule has 1 aliphatic rings. The Morgan fingerprint density at radius 3 is 2.58 bits per heavy atom. The van der Waals surface area contributed by atoms with E-state index in [2.05, 4.69) is 4.98 Å². The van der Waals surface area contributed by atoms with E-state index in [9.17, 15) is 22.9 Å². The number of oxazole rings is 1. The zero-order valence-electron chi connectivity index (χ0n) is 19.7. The normalized spacial score (nSPS) is 18.2. The highest BCUT2D eigenvalue weighted by atomic mass is 32.2. The van der Waals surface area contributed by atoms with E-state index in [4.69, 9.17) is 18.1 Å². The van der Waals surface area contributed by atoms with Gasteiger partial charge in [-0.2, -0.15) is 8.42 Å². The quantitative estimate of drug-likeness (QED) is 0.219. The van der Waals surface area contributed by atoms with Gasteiger partial charge in [0.05, 0.1) is 36.9 Å². The number of aryl methyl sites for hydroxylation is 1. The number of benzene rings is 2. The molecule has 1 fully saturated rings. The molecule has 0 radical (unpaired) electrons. The summed E-state index contributed by atoms with van der Waals surface area (Å²) in [6, 6.07) is 9.27. The Hall–Kier alpha value is -3.35. The largest absolute Gasteiger partial charge is 0.497 e. The summed E-state index contributed by atoms with van der Waals surface area (Å²) in [6.45, 7) is 1.89. The van der Waals surface area contributed by atoms with Crippen molar-refractivity contribution >= 4 is 15.8 Å². The molecule has 0 bridgehead atoms. The van der Waals surface area contributed by atoms with Crippen LogP contribution in [0.25, 0.3) is 11.5 Å². The van der Waals surface area contributed by atoms with E-state index in [1.165, 1.54) is 25.3 Å². The summed E-state index contributed by atoms with van der Waals surface area (Å²) in [5.74, 6) is 0.719. The number of methoxy groups -OCH3 is 1. The highest BCUT2D eigenvalue weighted by molar-refractivity contribution is 7.87. The van der Waals surface area contributed by atoms with Crippen molar-refractivity contribution in [3.8, 4) is 17.2 Å². The Labute approximate surface area is 207 Å². The van der Waals surface area contributed by atoms with E-state index < -0.39 is 31.7 Å². The summed E-state index contributed by atoms with van der Waals surface area (Å²) in [5, 5.41) is 11.4. The van der Waals surface area contributed by atoms with Crippen LogP contribution in [0, 0.1) is 22.9 Å². The van der Waals surface area contributed by atoms with Crippen LogP contribution >= 0.6 is 0 Å². The summed E-state index contributed by atoms with van der Waals surface area (Å²) < 4.78 is 60.9. The lowest BCUT2D eigenvalue weighted by atomic mass is 9.95. The fourth-order valence-corrected chi connectivity index (χ4v) is 5.29. The Kier molecular flexibility index (Phi) is 7.67. The molecule has 0 aliphatic heterocycles. The molecule has 36 heavy (non-hydrogen) atoms. The SMILES string of the molecule is COc1ccc(S(=O)(=O)OC2CCCC(OCc3nc(-c4ccc(F)cc4)oc3C)C2)c([N+](=O)[O-])c1. The van der Waals surface area contributed by atoms with Gasteiger partial charge in [-0.15, -0.1) is 0 Å². The number of aromatic nitrogens is 1. The molecule has 0 N–H and O–H groups in total. The molecular formula is C24H25FN2O8S. The first kappa shape index (κ1) is 25.7. The fraction of sp³-hybridized carbons (Fsp3) is 0.375. The molecule has 2 aromatic carbocycles. The van der Waals surface area contributed by atoms with Crippen molar-refractivity contribution in [2.75, 3.05) is 7.11 Å². The van der Waals surface area contributed by atoms with Crippen molar-refractivity contribution in [1.29, 1.82) is 0 Å². The zero-order valence-corrected chi connectivity index (χ0v) is 20.5. The fourth-order valence-electron chi connectivity index (χ4n) is 4.02. The van der Waals surface area contributed by atoms with Crippen LogP contribution < -0.4 is 4.74 Å². The second kappa shape index (κ2) is 10.7. The Bertz CT molecular complexity index is 1340. The third-order valence-corrected chi connectivity index (χ3v) is 7.32. The van der Waals surface area contributed by atoms with Crippen molar-refractivity contribution in [3.63, 3.8) is 0 Å². The van der Waals surface area contributed by atoms with E-state index >= 15 is 0 Å². The van der Waals surface area contributed by atoms with Gasteiger partial charge in [0.25, 0.3) is 5.69 Å². The van der Waals surface area contributed by atoms with E-state index in [0.717, 1.165) is 12.1 Å². The average Bonchev–Trinajstić information content (AvgIpc) is 3.23. The molecule has 1 heterocycles. The molecule has 0 spiro atoms. The molecule has 10 nitrogen and oxygen atoms in total. The molecule has 1 aromatic heterocycles. The van der Waals surface area contributed by atoms with Crippen LogP contribution in [0.2, 0.25) is 0 Å². The number of halogens is 1. The molecular weight excluding hydrogens is 495 g/mol. The standard InChI is InChI=1S/C24H25FN2O8S/c1-15-21(26-24(34-15)16-6-8-17(25)9-7-16)14-33-19-4-3-5-20(12-19)35-36(30,31)23-11-10-18(32-2)13-22(23)27(28)29/h6-11,13,19-20H,3-5,12,14H2,1-2H3. The van der Waals surface area contributed by atoms with Crippen molar-refractivity contribution in [2.24, 2.45) is 0 Å². The van der Waals surface area contributed by atoms with Crippen LogP contribution in [0.15, 0.2) is 51.8 Å². The predicted octanol–water partition coefficient (Wildman–Crippen LogP) is 4.94. The highest BCUT2D eigenvalue weighted by Crippen LogP contribution is 2.33. The topological polar surface area (TPSA) is 131 Å². The zero-order chi connectivity index (χ0) is 25.9. The van der Waals surface area contributed by atoms with Gasteiger partial charge in [0, 0.05) is 12.0 Å². The number of nitro groups is 1. The maximum absolute atomic E-state index is 13.2. The van der Waals surface area contributed by atoms with E-state index in [1.54, 1.807) is 19.1 Å². The van der Waals surface area contributed by atoms with Gasteiger partial charge in [0.2, 0.25) is 5.89 Å². The van der Waals surface area contributed by atoms with Gasteiger partial charge in [-0.05, 0) is 62.6 Å². The van der Waals surface area contributed by atoms with Crippen molar-refractivity contribution in [3.05, 3.63) is 69.9 Å². The molecule has 2 atom stereocenters. The molecule has 1 saturated carbocycles. The van der Waals surface area contributed by atoms with Crippen molar-refractivity contribution < 1.29 is 35.8 Å². The van der Waals surface area contributed by atoms with Crippen LogP contribution in [0.4, 0.5) is 10.1 Å². The van der Waals surface area contributed by atoms with Crippen LogP contribution in [0.1, 0.15) is 37.1 Å². The molecule has 0 amide bonds. The minimum Gasteiger partial charge on any atom is -0.497 e. The van der Waals surface area contributed by atoms with Crippen molar-refractivity contribution in [1.82, 2.24) is 4.98 Å². The molecule has 3 aromatic rings. The van der Waals surface area contributed by atoms with Crippen LogP contribution in [0.5, 0.6) is 5.75 Å². The summed E-state index contributed by atoms with van der Waals surface area (Å²) in [4.78, 5) is 14.5. The minimum atomic E-state index is -4.40. The number of hydrogen-bond acceptors (Lipinski definition) is 9. The Morgan fingerprint density at radius 2 is 1.89 bits per heavy atom.